The van der Waals surface area contributed by atoms with Gasteiger partial charge in [0.25, 0.3) is 16.0 Å². The molecule has 0 unspecified atom stereocenters. The number of rotatable bonds is 10. The van der Waals surface area contributed by atoms with Crippen LogP contribution >= 0.6 is 0 Å². The molecule has 0 aliphatic carbocycles. The highest BCUT2D eigenvalue weighted by Gasteiger charge is 2.17. The molecule has 0 fully saturated rings. The lowest BCUT2D eigenvalue weighted by molar-refractivity contribution is 0.324. The molecule has 0 bridgehead atoms. The summed E-state index contributed by atoms with van der Waals surface area (Å²) < 4.78 is 43.9. The van der Waals surface area contributed by atoms with Gasteiger partial charge in [0, 0.05) is 35.8 Å². The molecule has 0 aliphatic rings. The molecule has 2 aromatic carbocycles. The highest BCUT2D eigenvalue weighted by atomic mass is 32.2. The van der Waals surface area contributed by atoms with Crippen molar-refractivity contribution in [2.45, 2.75) is 25.2 Å². The van der Waals surface area contributed by atoms with Crippen LogP contribution in [0.3, 0.4) is 0 Å². The van der Waals surface area contributed by atoms with Gasteiger partial charge in [-0.3, -0.25) is 0 Å². The standard InChI is InChI=1S/C27H30N8O5S/c1-16-10-11-29-27(31-16)35-41(36,37)21-8-6-20(7-9-21)32-17(2)33-26-30-15-19(25(28)34-26)12-18-13-22(38-3)24(40-5)23(14-18)39-4/h6-11,13-15H,12H2,1-5H3,(H,29,31,35)(H3,28,30,32,33,34). The number of amidine groups is 1. The van der Waals surface area contributed by atoms with E-state index >= 15 is 0 Å². The van der Waals surface area contributed by atoms with Gasteiger partial charge in [0.05, 0.1) is 26.2 Å². The Bertz CT molecular complexity index is 1650. The van der Waals surface area contributed by atoms with Crippen molar-refractivity contribution in [1.29, 1.82) is 0 Å². The van der Waals surface area contributed by atoms with E-state index in [-0.39, 0.29) is 22.6 Å². The van der Waals surface area contributed by atoms with Crippen LogP contribution in [0, 0.1) is 6.92 Å². The number of benzene rings is 2. The van der Waals surface area contributed by atoms with Crippen molar-refractivity contribution < 1.29 is 22.6 Å². The van der Waals surface area contributed by atoms with Crippen molar-refractivity contribution in [2.24, 2.45) is 4.99 Å². The van der Waals surface area contributed by atoms with Gasteiger partial charge in [-0.25, -0.2) is 28.1 Å². The first-order valence-corrected chi connectivity index (χ1v) is 13.7. The first-order valence-electron chi connectivity index (χ1n) is 12.3. The summed E-state index contributed by atoms with van der Waals surface area (Å²) in [5, 5.41) is 3.09. The summed E-state index contributed by atoms with van der Waals surface area (Å²) in [6, 6.07) is 11.5. The van der Waals surface area contributed by atoms with Gasteiger partial charge in [0.2, 0.25) is 11.7 Å². The van der Waals surface area contributed by atoms with Crippen molar-refractivity contribution in [3.05, 3.63) is 71.7 Å². The number of aliphatic imine (C=N–C) groups is 1. The van der Waals surface area contributed by atoms with Crippen LogP contribution in [-0.4, -0.2) is 55.5 Å². The molecule has 13 nitrogen and oxygen atoms in total. The number of ether oxygens (including phenoxy) is 3. The first kappa shape index (κ1) is 29.0. The van der Waals surface area contributed by atoms with E-state index in [4.69, 9.17) is 19.9 Å². The van der Waals surface area contributed by atoms with Crippen molar-refractivity contribution in [3.63, 3.8) is 0 Å². The van der Waals surface area contributed by atoms with Crippen LogP contribution in [0.4, 0.5) is 23.4 Å². The van der Waals surface area contributed by atoms with Gasteiger partial charge < -0.3 is 25.3 Å². The highest BCUT2D eigenvalue weighted by Crippen LogP contribution is 2.39. The molecule has 0 amide bonds. The van der Waals surface area contributed by atoms with Gasteiger partial charge in [-0.05, 0) is 61.9 Å². The average Bonchev–Trinajstić information content (AvgIpc) is 2.94. The van der Waals surface area contributed by atoms with Crippen LogP contribution in [0.1, 0.15) is 23.7 Å². The molecule has 0 saturated heterocycles. The maximum Gasteiger partial charge on any atom is 0.264 e. The second-order valence-corrected chi connectivity index (χ2v) is 10.4. The molecule has 0 saturated carbocycles. The first-order chi connectivity index (χ1) is 19.6. The Morgan fingerprint density at radius 2 is 1.66 bits per heavy atom. The van der Waals surface area contributed by atoms with Crippen LogP contribution in [0.15, 0.2) is 64.7 Å². The molecule has 0 atom stereocenters. The van der Waals surface area contributed by atoms with E-state index in [0.717, 1.165) is 5.56 Å². The van der Waals surface area contributed by atoms with Gasteiger partial charge in [-0.1, -0.05) is 0 Å². The number of aromatic nitrogens is 4. The maximum atomic E-state index is 12.7. The lowest BCUT2D eigenvalue weighted by Gasteiger charge is -2.14. The molecule has 4 aromatic rings. The summed E-state index contributed by atoms with van der Waals surface area (Å²) in [6.45, 7) is 3.47. The molecule has 0 radical (unpaired) electrons. The van der Waals surface area contributed by atoms with E-state index in [1.54, 1.807) is 59.6 Å². The minimum Gasteiger partial charge on any atom is -0.493 e. The number of sulfonamides is 1. The Hall–Kier alpha value is -4.98. The fourth-order valence-corrected chi connectivity index (χ4v) is 4.79. The zero-order valence-electron chi connectivity index (χ0n) is 23.2. The number of nitrogens with two attached hydrogens (primary N) is 1. The maximum absolute atomic E-state index is 12.7. The number of nitrogens with one attached hydrogen (secondary N) is 2. The Labute approximate surface area is 237 Å². The SMILES string of the molecule is COc1cc(Cc2cnc(/N=C(\C)Nc3ccc(S(=O)(=O)Nc4nccc(C)n4)cc3)nc2N)cc(OC)c1OC. The quantitative estimate of drug-likeness (QED) is 0.185. The topological polar surface area (TPSA) is 176 Å². The molecular formula is C27H30N8O5S. The molecule has 0 aliphatic heterocycles. The summed E-state index contributed by atoms with van der Waals surface area (Å²) in [5.74, 6) is 2.49. The smallest absolute Gasteiger partial charge is 0.264 e. The number of hydrogen-bond acceptors (Lipinski definition) is 11. The highest BCUT2D eigenvalue weighted by molar-refractivity contribution is 7.92. The Balaban J connectivity index is 1.44. The number of nitrogen functional groups attached to an aromatic ring is 1. The molecule has 2 aromatic heterocycles. The zero-order chi connectivity index (χ0) is 29.6. The molecule has 214 valence electrons. The fourth-order valence-electron chi connectivity index (χ4n) is 3.84. The van der Waals surface area contributed by atoms with E-state index in [0.29, 0.717) is 46.4 Å². The van der Waals surface area contributed by atoms with Crippen molar-refractivity contribution in [3.8, 4) is 17.2 Å². The lowest BCUT2D eigenvalue weighted by atomic mass is 10.1. The molecule has 2 heterocycles. The second kappa shape index (κ2) is 12.5. The lowest BCUT2D eigenvalue weighted by Crippen LogP contribution is -2.15. The van der Waals surface area contributed by atoms with E-state index in [2.05, 4.69) is 35.0 Å². The van der Waals surface area contributed by atoms with Gasteiger partial charge in [-0.15, -0.1) is 0 Å². The van der Waals surface area contributed by atoms with Gasteiger partial charge in [-0.2, -0.15) is 9.98 Å². The van der Waals surface area contributed by atoms with Crippen LogP contribution in [-0.2, 0) is 16.4 Å². The number of methoxy groups -OCH3 is 3. The minimum absolute atomic E-state index is 0.00363. The van der Waals surface area contributed by atoms with Crippen LogP contribution in [0.2, 0.25) is 0 Å². The van der Waals surface area contributed by atoms with Crippen LogP contribution in [0.5, 0.6) is 17.2 Å². The monoisotopic (exact) mass is 578 g/mol. The number of anilines is 3. The molecule has 4 N–H and O–H groups in total. The summed E-state index contributed by atoms with van der Waals surface area (Å²) in [6.07, 6.45) is 3.53. The van der Waals surface area contributed by atoms with E-state index < -0.39 is 10.0 Å². The van der Waals surface area contributed by atoms with Crippen LogP contribution < -0.4 is 30.0 Å². The van der Waals surface area contributed by atoms with E-state index in [9.17, 15) is 8.42 Å². The van der Waals surface area contributed by atoms with Crippen molar-refractivity contribution in [1.82, 2.24) is 19.9 Å². The number of nitrogens with zero attached hydrogens (tertiary/aromatic N) is 5. The predicted molar refractivity (Wildman–Crippen MR) is 156 cm³/mol. The second-order valence-electron chi connectivity index (χ2n) is 8.76. The molecule has 41 heavy (non-hydrogen) atoms. The Morgan fingerprint density at radius 1 is 0.976 bits per heavy atom. The molecule has 4 rings (SSSR count). The van der Waals surface area contributed by atoms with Gasteiger partial charge >= 0.3 is 0 Å². The molecule has 0 spiro atoms. The average molecular weight is 579 g/mol. The van der Waals surface area contributed by atoms with E-state index in [1.807, 2.05) is 12.1 Å². The third-order valence-corrected chi connectivity index (χ3v) is 7.13. The van der Waals surface area contributed by atoms with Crippen molar-refractivity contribution >= 4 is 39.3 Å². The van der Waals surface area contributed by atoms with Gasteiger partial charge in [0.15, 0.2) is 11.5 Å². The van der Waals surface area contributed by atoms with Crippen molar-refractivity contribution in [2.75, 3.05) is 37.1 Å². The number of aryl methyl sites for hydroxylation is 1. The molecule has 14 heteroatoms. The summed E-state index contributed by atoms with van der Waals surface area (Å²) in [7, 11) is 0.796. The summed E-state index contributed by atoms with van der Waals surface area (Å²) in [5.41, 5.74) is 9.05. The normalized spacial score (nSPS) is 11.6. The summed E-state index contributed by atoms with van der Waals surface area (Å²) >= 11 is 0. The fraction of sp³-hybridized carbons (Fsp3) is 0.222. The van der Waals surface area contributed by atoms with E-state index in [1.165, 1.54) is 18.3 Å². The third kappa shape index (κ3) is 7.16. The minimum atomic E-state index is -3.85. The summed E-state index contributed by atoms with van der Waals surface area (Å²) in [4.78, 5) is 21.1. The number of hydrogen-bond donors (Lipinski definition) is 3. The van der Waals surface area contributed by atoms with Gasteiger partial charge in [0.1, 0.15) is 11.7 Å². The van der Waals surface area contributed by atoms with Crippen LogP contribution in [0.25, 0.3) is 0 Å². The Kier molecular flexibility index (Phi) is 8.82. The third-order valence-electron chi connectivity index (χ3n) is 5.78. The predicted octanol–water partition coefficient (Wildman–Crippen LogP) is 3.74. The largest absolute Gasteiger partial charge is 0.493 e. The molecular weight excluding hydrogens is 548 g/mol. The Morgan fingerprint density at radius 3 is 2.24 bits per heavy atom. The zero-order valence-corrected chi connectivity index (χ0v) is 24.0.